The zero-order valence-electron chi connectivity index (χ0n) is 71.2. The Morgan fingerprint density at radius 2 is 0.530 bits per heavy atom. The number of aliphatic hydroxyl groups excluding tert-OH is 2. The number of nitrogens with one attached hydrogen (secondary N) is 6. The zero-order chi connectivity index (χ0) is 99.2. The Morgan fingerprint density at radius 3 is 0.799 bits per heavy atom. The minimum atomic E-state index is -1.16. The molecular weight excluding hydrogens is 1860 g/mol. The fourth-order valence-corrected chi connectivity index (χ4v) is 12.6. The molecule has 0 saturated carbocycles. The highest BCUT2D eigenvalue weighted by Crippen LogP contribution is 2.34. The smallest absolute Gasteiger partial charge is 0.337 e. The molecule has 696 valence electrons. The molecule has 32 nitrogen and oxygen atoms in total. The van der Waals surface area contributed by atoms with Crippen LogP contribution < -0.4 is 31.9 Å². The van der Waals surface area contributed by atoms with Gasteiger partial charge < -0.3 is 102 Å². The van der Waals surface area contributed by atoms with Crippen LogP contribution in [0, 0.1) is 31.4 Å². The molecule has 0 unspecified atom stereocenters. The van der Waals surface area contributed by atoms with Crippen LogP contribution in [0.5, 0.6) is 34.5 Å². The number of hydrogen-bond acceptors (Lipinski definition) is 23. The van der Waals surface area contributed by atoms with Crippen LogP contribution in [0.1, 0.15) is 166 Å². The minimum Gasteiger partial charge on any atom is -0.507 e. The van der Waals surface area contributed by atoms with Crippen LogP contribution in [0.25, 0.3) is 0 Å². The second kappa shape index (κ2) is 49.4. The third-order valence-electron chi connectivity index (χ3n) is 18.2. The number of aliphatic hydroxyl groups is 2. The number of benzene rings is 12. The van der Waals surface area contributed by atoms with Crippen molar-refractivity contribution in [3.8, 4) is 34.5 Å². The highest BCUT2D eigenvalue weighted by atomic mass is 35.5. The second-order valence-electron chi connectivity index (χ2n) is 28.5. The molecule has 12 rings (SSSR count). The van der Waals surface area contributed by atoms with Gasteiger partial charge in [0.2, 0.25) is 0 Å². The van der Waals surface area contributed by atoms with Gasteiger partial charge in [-0.15, -0.1) is 0 Å². The molecule has 134 heavy (non-hydrogen) atoms. The molecular formula is C95H81Cl5F2N6O26. The number of amides is 6. The first-order chi connectivity index (χ1) is 63.4. The van der Waals surface area contributed by atoms with Crippen molar-refractivity contribution in [2.75, 3.05) is 53.2 Å². The molecule has 12 aromatic rings. The van der Waals surface area contributed by atoms with Gasteiger partial charge in [0, 0.05) is 0 Å². The number of carbonyl (C=O) groups excluding carboxylic acids is 9. The van der Waals surface area contributed by atoms with Gasteiger partial charge in [-0.3, -0.25) is 28.8 Å². The maximum absolute atomic E-state index is 14.1. The molecule has 0 saturated heterocycles. The maximum atomic E-state index is 14.1. The Labute approximate surface area is 786 Å². The predicted octanol–water partition coefficient (Wildman–Crippen LogP) is 18.7. The quantitative estimate of drug-likeness (QED) is 0.0221. The number of anilines is 6. The Morgan fingerprint density at radius 1 is 0.299 bits per heavy atom. The molecule has 0 bridgehead atoms. The highest BCUT2D eigenvalue weighted by molar-refractivity contribution is 6.36. The summed E-state index contributed by atoms with van der Waals surface area (Å²) in [4.78, 5) is 140. The van der Waals surface area contributed by atoms with Crippen LogP contribution in [0.3, 0.4) is 0 Å². The number of aromatic hydroxyl groups is 6. The molecule has 6 amide bonds. The molecule has 0 aliphatic heterocycles. The number of phenolic OH excluding ortho intramolecular Hbond substituents is 6. The predicted molar refractivity (Wildman–Crippen MR) is 495 cm³/mol. The zero-order valence-corrected chi connectivity index (χ0v) is 75.0. The molecule has 0 fully saturated rings. The second-order valence-corrected chi connectivity index (χ2v) is 30.5. The Balaban J connectivity index is 0.000000220. The molecule has 0 heterocycles. The summed E-state index contributed by atoms with van der Waals surface area (Å²) >= 11 is 29.8. The number of carboxylic acid groups (broad SMARTS) is 3. The normalized spacial score (nSPS) is 10.3. The lowest BCUT2D eigenvalue weighted by molar-refractivity contribution is 0.0591. The lowest BCUT2D eigenvalue weighted by atomic mass is 10.00. The number of carbonyl (C=O) groups is 12. The van der Waals surface area contributed by atoms with E-state index in [9.17, 15) is 97.0 Å². The fraction of sp³-hybridized carbons (Fsp3) is 0.116. The van der Waals surface area contributed by atoms with Gasteiger partial charge in [-0.05, 0) is 231 Å². The van der Waals surface area contributed by atoms with E-state index in [1.165, 1.54) is 179 Å². The summed E-state index contributed by atoms with van der Waals surface area (Å²) in [6.07, 6.45) is 0.753. The summed E-state index contributed by atoms with van der Waals surface area (Å²) in [7, 11) is 3.72. The number of rotatable bonds is 22. The third kappa shape index (κ3) is 30.2. The SMILES string of the molecule is COC(=O)c1ccc(NC(=O)c2cc(C)ccc2O)c(Cl)c1.COC(=O)c1ccc(NC(=O)c2cc(CC(C)C)ccc2O)c(F)c1.COC(=O)c1ccc(NC(=O)c2cc(CO)ccc2O)c(Cl)c1.Cc1ccc(O)c(C(=O)Nc2ccc(C(=O)O)cc2Cl)c1.O=C(O)c1ccc(NC(=O)c2cc(CO)ccc2O)c(Cl)c1.O=C(O)c1ccc(NC(=O)c2cc(F)ccc2O)c(Cl)c1. The van der Waals surface area contributed by atoms with Crippen LogP contribution in [0.4, 0.5) is 42.9 Å². The molecule has 39 heteroatoms. The molecule has 0 spiro atoms. The Bertz CT molecular complexity index is 6380. The summed E-state index contributed by atoms with van der Waals surface area (Å²) in [6.45, 7) is 7.18. The lowest BCUT2D eigenvalue weighted by Crippen LogP contribution is -2.14. The van der Waals surface area contributed by atoms with Gasteiger partial charge in [0.15, 0.2) is 0 Å². The van der Waals surface area contributed by atoms with Crippen LogP contribution >= 0.6 is 58.0 Å². The van der Waals surface area contributed by atoms with Gasteiger partial charge in [0.25, 0.3) is 35.4 Å². The van der Waals surface area contributed by atoms with Crippen molar-refractivity contribution in [2.45, 2.75) is 47.3 Å². The molecule has 17 N–H and O–H groups in total. The molecule has 12 aromatic carbocycles. The average molecular weight is 1940 g/mol. The number of hydrogen-bond donors (Lipinski definition) is 17. The van der Waals surface area contributed by atoms with E-state index in [1.807, 2.05) is 20.8 Å². The number of esters is 3. The summed E-state index contributed by atoms with van der Waals surface area (Å²) in [6, 6.07) is 49.3. The van der Waals surface area contributed by atoms with Crippen molar-refractivity contribution in [2.24, 2.45) is 5.92 Å². The summed E-state index contributed by atoms with van der Waals surface area (Å²) in [5.41, 5.74) is 5.28. The standard InChI is InChI=1S/C19H20FNO4.C16H14ClNO5.C16H14ClNO4.C15H12ClNO5.C15H12ClNO4.C14H9ClFNO4/c1-11(2)8-12-4-7-17(22)14(9-12)18(23)21-16-6-5-13(10-15(16)20)19(24)25-3;1-23-16(22)10-3-4-13(12(17)7-10)18-15(21)11-6-9(8-19)2-5-14(11)20;1-9-3-6-14(19)11(7-9)15(20)18-13-5-4-10(8-12(13)17)16(21)22-2;16-11-6-9(15(21)22)2-3-12(11)17-14(20)10-5-8(7-18)1-4-13(10)19;1-8-2-5-13(18)10(6-8)14(19)17-12-4-3-9(15(20)21)7-11(12)16;15-10-5-7(14(20)21)1-3-11(10)17-13(19)9-6-8(16)2-4-12(9)18/h4-7,9-11,22H,8H2,1-3H3,(H,21,23);2-7,19-20H,8H2,1H3,(H,18,21);3-8,19H,1-2H3,(H,18,20);1-6,18-19H,7H2,(H,17,20)(H,21,22);2-7,18H,1H3,(H,17,19)(H,20,21);1-6,18H,(H,17,19)(H,20,21). The number of phenols is 6. The molecule has 0 aromatic heterocycles. The van der Waals surface area contributed by atoms with E-state index in [1.54, 1.807) is 43.3 Å². The fourth-order valence-electron chi connectivity index (χ4n) is 11.4. The average Bonchev–Trinajstić information content (AvgIpc) is 0.839. The van der Waals surface area contributed by atoms with Crippen LogP contribution in [0.2, 0.25) is 25.1 Å². The monoisotopic (exact) mass is 1930 g/mol. The van der Waals surface area contributed by atoms with Crippen LogP contribution in [0.15, 0.2) is 218 Å². The first kappa shape index (κ1) is 105. The number of aromatic carboxylic acids is 3. The van der Waals surface area contributed by atoms with E-state index >= 15 is 0 Å². The van der Waals surface area contributed by atoms with Gasteiger partial charge in [0.05, 0.1) is 161 Å². The molecule has 0 atom stereocenters. The van der Waals surface area contributed by atoms with Crippen molar-refractivity contribution in [3.63, 3.8) is 0 Å². The number of ether oxygens (including phenoxy) is 3. The van der Waals surface area contributed by atoms with Gasteiger partial charge in [-0.2, -0.15) is 0 Å². The van der Waals surface area contributed by atoms with E-state index in [0.717, 1.165) is 47.4 Å². The highest BCUT2D eigenvalue weighted by Gasteiger charge is 2.24. The van der Waals surface area contributed by atoms with Crippen molar-refractivity contribution >= 4 is 163 Å². The summed E-state index contributed by atoms with van der Waals surface area (Å²) in [5, 5.41) is 118. The third-order valence-corrected chi connectivity index (χ3v) is 19.8. The molecule has 0 aliphatic rings. The summed E-state index contributed by atoms with van der Waals surface area (Å²) < 4.78 is 40.9. The van der Waals surface area contributed by atoms with Crippen molar-refractivity contribution < 1.29 is 137 Å². The van der Waals surface area contributed by atoms with Crippen molar-refractivity contribution in [1.82, 2.24) is 0 Å². The molecule has 0 radical (unpaired) electrons. The topological polar surface area (TPSA) is 527 Å². The van der Waals surface area contributed by atoms with Gasteiger partial charge >= 0.3 is 35.8 Å². The first-order valence-corrected chi connectivity index (χ1v) is 40.6. The van der Waals surface area contributed by atoms with E-state index in [2.05, 4.69) is 46.1 Å². The van der Waals surface area contributed by atoms with Gasteiger partial charge in [-0.25, -0.2) is 37.5 Å². The van der Waals surface area contributed by atoms with E-state index in [4.69, 9.17) is 83.5 Å². The Kier molecular flexibility index (Phi) is 38.8. The van der Waals surface area contributed by atoms with Crippen LogP contribution in [-0.4, -0.2) is 149 Å². The van der Waals surface area contributed by atoms with Crippen molar-refractivity contribution in [3.05, 3.63) is 350 Å². The number of methoxy groups -OCH3 is 3. The van der Waals surface area contributed by atoms with Crippen molar-refractivity contribution in [1.29, 1.82) is 0 Å². The Hall–Kier alpha value is -15.7. The van der Waals surface area contributed by atoms with E-state index in [-0.39, 0.29) is 168 Å². The largest absolute Gasteiger partial charge is 0.507 e. The lowest BCUT2D eigenvalue weighted by Gasteiger charge is -2.11. The maximum Gasteiger partial charge on any atom is 0.337 e. The number of halogens is 7. The summed E-state index contributed by atoms with van der Waals surface area (Å²) in [5.74, 6) is -11.1. The van der Waals surface area contributed by atoms with Crippen LogP contribution in [-0.2, 0) is 33.8 Å². The molecule has 0 aliphatic carbocycles. The van der Waals surface area contributed by atoms with Gasteiger partial charge in [-0.1, -0.05) is 113 Å². The van der Waals surface area contributed by atoms with E-state index in [0.29, 0.717) is 22.7 Å². The number of aryl methyl sites for hydroxylation is 2. The minimum absolute atomic E-state index is 0.00432. The van der Waals surface area contributed by atoms with E-state index < -0.39 is 82.9 Å². The first-order valence-electron chi connectivity index (χ1n) is 38.7. The number of carboxylic acids is 3. The van der Waals surface area contributed by atoms with Gasteiger partial charge in [0.1, 0.15) is 46.1 Å².